The molecule has 0 aliphatic rings. The maximum absolute atomic E-state index is 11.4. The van der Waals surface area contributed by atoms with Gasteiger partial charge in [0.2, 0.25) is 5.91 Å². The van der Waals surface area contributed by atoms with Crippen molar-refractivity contribution in [1.82, 2.24) is 15.5 Å². The Bertz CT molecular complexity index is 329. The second-order valence-corrected chi connectivity index (χ2v) is 4.29. The van der Waals surface area contributed by atoms with Gasteiger partial charge in [0.1, 0.15) is 6.54 Å². The average Bonchev–Trinajstić information content (AvgIpc) is 2.39. The van der Waals surface area contributed by atoms with E-state index in [1.165, 1.54) is 12.0 Å². The van der Waals surface area contributed by atoms with E-state index in [0.717, 1.165) is 0 Å². The van der Waals surface area contributed by atoms with Gasteiger partial charge in [-0.2, -0.15) is 0 Å². The topological polar surface area (TPSA) is 83.0 Å². The SMILES string of the molecule is CCNC(=NCC(=O)N(C)C)NCC(C)C(=O)OC. The largest absolute Gasteiger partial charge is 0.469 e. The molecule has 0 bridgehead atoms. The van der Waals surface area contributed by atoms with Crippen molar-refractivity contribution in [2.45, 2.75) is 13.8 Å². The maximum atomic E-state index is 11.4. The van der Waals surface area contributed by atoms with E-state index in [1.807, 2.05) is 6.92 Å². The van der Waals surface area contributed by atoms with Crippen LogP contribution in [0, 0.1) is 5.92 Å². The highest BCUT2D eigenvalue weighted by molar-refractivity contribution is 5.85. The average molecular weight is 272 g/mol. The van der Waals surface area contributed by atoms with Gasteiger partial charge in [-0.25, -0.2) is 4.99 Å². The number of amides is 1. The van der Waals surface area contributed by atoms with E-state index in [1.54, 1.807) is 21.0 Å². The Morgan fingerprint density at radius 3 is 2.42 bits per heavy atom. The van der Waals surface area contributed by atoms with Crippen LogP contribution in [0.3, 0.4) is 0 Å². The molecule has 0 aromatic carbocycles. The monoisotopic (exact) mass is 272 g/mol. The summed E-state index contributed by atoms with van der Waals surface area (Å²) in [5.41, 5.74) is 0. The number of nitrogens with one attached hydrogen (secondary N) is 2. The van der Waals surface area contributed by atoms with E-state index in [0.29, 0.717) is 19.0 Å². The van der Waals surface area contributed by atoms with Crippen LogP contribution in [0.25, 0.3) is 0 Å². The normalized spacial score (nSPS) is 12.6. The molecule has 2 N–H and O–H groups in total. The summed E-state index contributed by atoms with van der Waals surface area (Å²) >= 11 is 0. The first-order chi connectivity index (χ1) is 8.92. The van der Waals surface area contributed by atoms with Crippen LogP contribution in [-0.4, -0.2) is 63.6 Å². The summed E-state index contributed by atoms with van der Waals surface area (Å²) in [5, 5.41) is 6.00. The third-order valence-corrected chi connectivity index (χ3v) is 2.39. The highest BCUT2D eigenvalue weighted by atomic mass is 16.5. The summed E-state index contributed by atoms with van der Waals surface area (Å²) in [7, 11) is 4.71. The van der Waals surface area contributed by atoms with Gasteiger partial charge in [0, 0.05) is 27.2 Å². The number of methoxy groups -OCH3 is 1. The quantitative estimate of drug-likeness (QED) is 0.385. The number of hydrogen-bond acceptors (Lipinski definition) is 4. The summed E-state index contributed by atoms with van der Waals surface area (Å²) in [6.07, 6.45) is 0. The van der Waals surface area contributed by atoms with Gasteiger partial charge in [-0.15, -0.1) is 0 Å². The van der Waals surface area contributed by atoms with Crippen molar-refractivity contribution < 1.29 is 14.3 Å². The first-order valence-electron chi connectivity index (χ1n) is 6.22. The fourth-order valence-electron chi connectivity index (χ4n) is 1.16. The number of esters is 1. The molecular weight excluding hydrogens is 248 g/mol. The van der Waals surface area contributed by atoms with Gasteiger partial charge in [0.05, 0.1) is 13.0 Å². The molecule has 19 heavy (non-hydrogen) atoms. The second-order valence-electron chi connectivity index (χ2n) is 4.29. The smallest absolute Gasteiger partial charge is 0.310 e. The Hall–Kier alpha value is -1.79. The van der Waals surface area contributed by atoms with Crippen LogP contribution < -0.4 is 10.6 Å². The van der Waals surface area contributed by atoms with E-state index < -0.39 is 0 Å². The maximum Gasteiger partial charge on any atom is 0.310 e. The number of carbonyl (C=O) groups is 2. The highest BCUT2D eigenvalue weighted by Gasteiger charge is 2.13. The minimum absolute atomic E-state index is 0.0644. The van der Waals surface area contributed by atoms with Crippen molar-refractivity contribution in [1.29, 1.82) is 0 Å². The number of ether oxygens (including phenoxy) is 1. The molecule has 0 radical (unpaired) electrons. The lowest BCUT2D eigenvalue weighted by molar-refractivity contribution is -0.144. The molecule has 0 saturated carbocycles. The molecule has 7 nitrogen and oxygen atoms in total. The number of nitrogens with zero attached hydrogens (tertiary/aromatic N) is 2. The van der Waals surface area contributed by atoms with E-state index in [4.69, 9.17) is 0 Å². The number of rotatable bonds is 6. The second kappa shape index (κ2) is 9.18. The van der Waals surface area contributed by atoms with Crippen molar-refractivity contribution in [2.24, 2.45) is 10.9 Å². The van der Waals surface area contributed by atoms with E-state index in [-0.39, 0.29) is 24.3 Å². The number of aliphatic imine (C=N–C) groups is 1. The van der Waals surface area contributed by atoms with Crippen LogP contribution in [0.5, 0.6) is 0 Å². The standard InChI is InChI=1S/C12H24N4O3/c1-6-13-12(15-8-10(17)16(3)4)14-7-9(2)11(18)19-5/h9H,6-8H2,1-5H3,(H2,13,14,15). The lowest BCUT2D eigenvalue weighted by atomic mass is 10.2. The van der Waals surface area contributed by atoms with Crippen molar-refractivity contribution in [3.8, 4) is 0 Å². The van der Waals surface area contributed by atoms with Gasteiger partial charge in [-0.3, -0.25) is 9.59 Å². The van der Waals surface area contributed by atoms with Crippen LogP contribution in [0.2, 0.25) is 0 Å². The number of carbonyl (C=O) groups excluding carboxylic acids is 2. The van der Waals surface area contributed by atoms with Crippen molar-refractivity contribution >= 4 is 17.8 Å². The molecule has 0 aromatic heterocycles. The fraction of sp³-hybridized carbons (Fsp3) is 0.750. The summed E-state index contributed by atoms with van der Waals surface area (Å²) in [6.45, 7) is 4.82. The number of likely N-dealkylation sites (N-methyl/N-ethyl adjacent to an activating group) is 1. The highest BCUT2D eigenvalue weighted by Crippen LogP contribution is 1.95. The number of hydrogen-bond donors (Lipinski definition) is 2. The molecule has 0 rings (SSSR count). The van der Waals surface area contributed by atoms with Crippen LogP contribution in [0.1, 0.15) is 13.8 Å². The van der Waals surface area contributed by atoms with Crippen molar-refractivity contribution in [3.05, 3.63) is 0 Å². The van der Waals surface area contributed by atoms with Gasteiger partial charge in [-0.05, 0) is 6.92 Å². The Kier molecular flexibility index (Phi) is 8.32. The molecule has 0 fully saturated rings. The molecule has 1 amide bonds. The molecule has 0 spiro atoms. The Morgan fingerprint density at radius 2 is 1.95 bits per heavy atom. The first-order valence-corrected chi connectivity index (χ1v) is 6.22. The minimum Gasteiger partial charge on any atom is -0.469 e. The zero-order chi connectivity index (χ0) is 14.8. The lowest BCUT2D eigenvalue weighted by Crippen LogP contribution is -2.41. The van der Waals surface area contributed by atoms with Gasteiger partial charge >= 0.3 is 5.97 Å². The van der Waals surface area contributed by atoms with E-state index in [2.05, 4.69) is 20.4 Å². The lowest BCUT2D eigenvalue weighted by Gasteiger charge is -2.15. The Labute approximate surface area is 114 Å². The predicted molar refractivity (Wildman–Crippen MR) is 73.9 cm³/mol. The molecular formula is C12H24N4O3. The molecule has 0 aliphatic carbocycles. The van der Waals surface area contributed by atoms with E-state index in [9.17, 15) is 9.59 Å². The van der Waals surface area contributed by atoms with Crippen molar-refractivity contribution in [2.75, 3.05) is 40.8 Å². The summed E-state index contributed by atoms with van der Waals surface area (Å²) in [5.74, 6) is -0.141. The molecule has 0 aromatic rings. The predicted octanol–water partition coefficient (Wildman–Crippen LogP) is -0.561. The zero-order valence-electron chi connectivity index (χ0n) is 12.3. The van der Waals surface area contributed by atoms with Gasteiger partial charge in [0.15, 0.2) is 5.96 Å². The van der Waals surface area contributed by atoms with Crippen LogP contribution in [-0.2, 0) is 14.3 Å². The molecule has 0 heterocycles. The molecule has 1 atom stereocenters. The van der Waals surface area contributed by atoms with Gasteiger partial charge in [-0.1, -0.05) is 6.92 Å². The zero-order valence-corrected chi connectivity index (χ0v) is 12.3. The molecule has 110 valence electrons. The first kappa shape index (κ1) is 17.2. The molecule has 7 heteroatoms. The molecule has 0 saturated heterocycles. The van der Waals surface area contributed by atoms with Gasteiger partial charge in [0.25, 0.3) is 0 Å². The summed E-state index contributed by atoms with van der Waals surface area (Å²) in [6, 6.07) is 0. The third kappa shape index (κ3) is 7.28. The van der Waals surface area contributed by atoms with Crippen LogP contribution in [0.4, 0.5) is 0 Å². The molecule has 1 unspecified atom stereocenters. The van der Waals surface area contributed by atoms with Crippen LogP contribution in [0.15, 0.2) is 4.99 Å². The Morgan fingerprint density at radius 1 is 1.32 bits per heavy atom. The Balaban J connectivity index is 4.36. The minimum atomic E-state index is -0.285. The third-order valence-electron chi connectivity index (χ3n) is 2.39. The summed E-state index contributed by atoms with van der Waals surface area (Å²) in [4.78, 5) is 28.3. The fourth-order valence-corrected chi connectivity index (χ4v) is 1.16. The van der Waals surface area contributed by atoms with Crippen molar-refractivity contribution in [3.63, 3.8) is 0 Å². The summed E-state index contributed by atoms with van der Waals surface area (Å²) < 4.78 is 4.63. The number of guanidine groups is 1. The van der Waals surface area contributed by atoms with E-state index >= 15 is 0 Å². The van der Waals surface area contributed by atoms with Gasteiger partial charge < -0.3 is 20.3 Å². The van der Waals surface area contributed by atoms with Crippen LogP contribution >= 0.6 is 0 Å². The molecule has 0 aliphatic heterocycles.